The zero-order valence-electron chi connectivity index (χ0n) is 6.12. The molecule has 1 radical (unpaired) electrons. The molecule has 0 aliphatic rings. The Labute approximate surface area is 52.6 Å². The van der Waals surface area contributed by atoms with Gasteiger partial charge in [-0.25, -0.2) is 0 Å². The second kappa shape index (κ2) is 2.34. The molecule has 0 amide bonds. The Bertz CT molecular complexity index is 82.7. The van der Waals surface area contributed by atoms with Crippen molar-refractivity contribution in [3.05, 3.63) is 19.1 Å². The third-order valence-electron chi connectivity index (χ3n) is 1.36. The minimum absolute atomic E-state index is 0.252. The van der Waals surface area contributed by atoms with E-state index in [-0.39, 0.29) is 5.41 Å². The molecule has 0 aliphatic heterocycles. The highest BCUT2D eigenvalue weighted by molar-refractivity contribution is 5.05. The van der Waals surface area contributed by atoms with Crippen LogP contribution in [0.4, 0.5) is 0 Å². The molecule has 0 nitrogen and oxygen atoms in total. The Hall–Kier alpha value is -0.260. The monoisotopic (exact) mass is 111 g/mol. The first kappa shape index (κ1) is 7.74. The molecule has 0 heterocycles. The molecule has 0 fully saturated rings. The van der Waals surface area contributed by atoms with Gasteiger partial charge < -0.3 is 0 Å². The molecule has 0 aromatic heterocycles. The maximum atomic E-state index is 3.88. The van der Waals surface area contributed by atoms with Crippen molar-refractivity contribution >= 4 is 0 Å². The molecule has 0 aliphatic carbocycles. The van der Waals surface area contributed by atoms with Crippen molar-refractivity contribution in [1.82, 2.24) is 0 Å². The van der Waals surface area contributed by atoms with Gasteiger partial charge in [-0.05, 0) is 18.8 Å². The maximum absolute atomic E-state index is 3.88. The molecular formula is C8H15. The quantitative estimate of drug-likeness (QED) is 0.456. The van der Waals surface area contributed by atoms with Gasteiger partial charge in [-0.2, -0.15) is 0 Å². The highest BCUT2D eigenvalue weighted by Crippen LogP contribution is 2.24. The lowest BCUT2D eigenvalue weighted by atomic mass is 9.86. The standard InChI is InChI=1S/C8H15/c1-6-7(2)8(3,4)5/h1-2,6H2,3-5H3. The topological polar surface area (TPSA) is 0 Å². The molecule has 0 saturated heterocycles. The summed E-state index contributed by atoms with van der Waals surface area (Å²) in [7, 11) is 0. The van der Waals surface area contributed by atoms with E-state index >= 15 is 0 Å². The van der Waals surface area contributed by atoms with Crippen LogP contribution in [0.25, 0.3) is 0 Å². The van der Waals surface area contributed by atoms with Crippen LogP contribution in [0.15, 0.2) is 12.2 Å². The zero-order chi connectivity index (χ0) is 6.78. The smallest absolute Gasteiger partial charge is 0.0176 e. The highest BCUT2D eigenvalue weighted by atomic mass is 14.2. The van der Waals surface area contributed by atoms with Gasteiger partial charge in [0.25, 0.3) is 0 Å². The van der Waals surface area contributed by atoms with Crippen LogP contribution in [0, 0.1) is 12.3 Å². The van der Waals surface area contributed by atoms with Gasteiger partial charge in [-0.1, -0.05) is 32.9 Å². The summed E-state index contributed by atoms with van der Waals surface area (Å²) in [4.78, 5) is 0. The summed E-state index contributed by atoms with van der Waals surface area (Å²) in [5.41, 5.74) is 1.47. The Morgan fingerprint density at radius 3 is 1.75 bits per heavy atom. The summed E-state index contributed by atoms with van der Waals surface area (Å²) < 4.78 is 0. The van der Waals surface area contributed by atoms with Crippen LogP contribution in [0.1, 0.15) is 27.2 Å². The third-order valence-corrected chi connectivity index (χ3v) is 1.36. The first-order valence-electron chi connectivity index (χ1n) is 2.96. The van der Waals surface area contributed by atoms with E-state index in [1.54, 1.807) is 0 Å². The van der Waals surface area contributed by atoms with Gasteiger partial charge in [0.2, 0.25) is 0 Å². The maximum Gasteiger partial charge on any atom is -0.0176 e. The average molecular weight is 111 g/mol. The van der Waals surface area contributed by atoms with Crippen molar-refractivity contribution < 1.29 is 0 Å². The minimum Gasteiger partial charge on any atom is -0.0993 e. The summed E-state index contributed by atoms with van der Waals surface area (Å²) in [6, 6.07) is 0. The van der Waals surface area contributed by atoms with E-state index in [0.29, 0.717) is 0 Å². The largest absolute Gasteiger partial charge is 0.0993 e. The van der Waals surface area contributed by atoms with E-state index in [2.05, 4.69) is 34.3 Å². The second-order valence-electron chi connectivity index (χ2n) is 3.10. The molecule has 47 valence electrons. The summed E-state index contributed by atoms with van der Waals surface area (Å²) in [6.07, 6.45) is 0.851. The fourth-order valence-corrected chi connectivity index (χ4v) is 0.375. The minimum atomic E-state index is 0.252. The van der Waals surface area contributed by atoms with E-state index in [1.165, 1.54) is 5.57 Å². The molecule has 0 saturated carbocycles. The van der Waals surface area contributed by atoms with Crippen molar-refractivity contribution in [1.29, 1.82) is 0 Å². The van der Waals surface area contributed by atoms with E-state index in [9.17, 15) is 0 Å². The Morgan fingerprint density at radius 2 is 1.75 bits per heavy atom. The average Bonchev–Trinajstić information content (AvgIpc) is 1.62. The molecule has 0 spiro atoms. The summed E-state index contributed by atoms with van der Waals surface area (Å²) in [5, 5.41) is 0. The van der Waals surface area contributed by atoms with Gasteiger partial charge in [0.05, 0.1) is 0 Å². The Balaban J connectivity index is 3.82. The van der Waals surface area contributed by atoms with E-state index in [4.69, 9.17) is 0 Å². The van der Waals surface area contributed by atoms with Gasteiger partial charge in [0.15, 0.2) is 0 Å². The van der Waals surface area contributed by atoms with Crippen LogP contribution < -0.4 is 0 Å². The zero-order valence-corrected chi connectivity index (χ0v) is 6.12. The SMILES string of the molecule is [CH2]CC(=C)C(C)(C)C. The van der Waals surface area contributed by atoms with Crippen LogP contribution in [0.3, 0.4) is 0 Å². The lowest BCUT2D eigenvalue weighted by Gasteiger charge is -2.19. The summed E-state index contributed by atoms with van der Waals surface area (Å²) in [6.45, 7) is 14.1. The molecule has 0 aromatic rings. The van der Waals surface area contributed by atoms with Crippen molar-refractivity contribution in [3.63, 3.8) is 0 Å². The fourth-order valence-electron chi connectivity index (χ4n) is 0.375. The van der Waals surface area contributed by atoms with Gasteiger partial charge >= 0.3 is 0 Å². The molecule has 0 bridgehead atoms. The predicted octanol–water partition coefficient (Wildman–Crippen LogP) is 2.81. The lowest BCUT2D eigenvalue weighted by molar-refractivity contribution is 0.496. The molecule has 8 heavy (non-hydrogen) atoms. The van der Waals surface area contributed by atoms with Gasteiger partial charge in [-0.15, -0.1) is 0 Å². The van der Waals surface area contributed by atoms with Crippen LogP contribution in [0.5, 0.6) is 0 Å². The van der Waals surface area contributed by atoms with Crippen LogP contribution in [-0.4, -0.2) is 0 Å². The number of hydrogen-bond acceptors (Lipinski definition) is 0. The van der Waals surface area contributed by atoms with Gasteiger partial charge in [0, 0.05) is 0 Å². The molecular weight excluding hydrogens is 96.1 g/mol. The molecule has 0 rings (SSSR count). The predicted molar refractivity (Wildman–Crippen MR) is 38.6 cm³/mol. The molecule has 0 N–H and O–H groups in total. The number of rotatable bonds is 1. The third kappa shape index (κ3) is 2.15. The van der Waals surface area contributed by atoms with Crippen LogP contribution in [0.2, 0.25) is 0 Å². The Morgan fingerprint density at radius 1 is 1.38 bits per heavy atom. The highest BCUT2D eigenvalue weighted by Gasteiger charge is 2.11. The lowest BCUT2D eigenvalue weighted by Crippen LogP contribution is -2.06. The van der Waals surface area contributed by atoms with Crippen molar-refractivity contribution in [2.24, 2.45) is 5.41 Å². The number of hydrogen-bond donors (Lipinski definition) is 0. The first-order valence-corrected chi connectivity index (χ1v) is 2.96. The van der Waals surface area contributed by atoms with E-state index < -0.39 is 0 Å². The van der Waals surface area contributed by atoms with E-state index in [1.807, 2.05) is 0 Å². The first-order chi connectivity index (χ1) is 3.48. The van der Waals surface area contributed by atoms with Crippen molar-refractivity contribution in [2.75, 3.05) is 0 Å². The summed E-state index contributed by atoms with van der Waals surface area (Å²) in [5.74, 6) is 0. The molecule has 0 heteroatoms. The fraction of sp³-hybridized carbons (Fsp3) is 0.625. The normalized spacial score (nSPS) is 11.5. The van der Waals surface area contributed by atoms with Gasteiger partial charge in [-0.3, -0.25) is 0 Å². The van der Waals surface area contributed by atoms with Crippen molar-refractivity contribution in [2.45, 2.75) is 27.2 Å². The summed E-state index contributed by atoms with van der Waals surface area (Å²) >= 11 is 0. The number of allylic oxidation sites excluding steroid dienone is 1. The van der Waals surface area contributed by atoms with Gasteiger partial charge in [0.1, 0.15) is 0 Å². The van der Waals surface area contributed by atoms with Crippen molar-refractivity contribution in [3.8, 4) is 0 Å². The van der Waals surface area contributed by atoms with Crippen LogP contribution >= 0.6 is 0 Å². The molecule has 0 atom stereocenters. The second-order valence-corrected chi connectivity index (χ2v) is 3.10. The van der Waals surface area contributed by atoms with Crippen LogP contribution in [-0.2, 0) is 0 Å². The van der Waals surface area contributed by atoms with E-state index in [0.717, 1.165) is 6.42 Å². The molecule has 0 unspecified atom stereocenters. The Kier molecular flexibility index (Phi) is 2.26. The molecule has 0 aromatic carbocycles.